The van der Waals surface area contributed by atoms with Crippen LogP contribution in [0, 0.1) is 19.3 Å². The van der Waals surface area contributed by atoms with E-state index in [-0.39, 0.29) is 6.04 Å². The van der Waals surface area contributed by atoms with Gasteiger partial charge in [0.15, 0.2) is 0 Å². The van der Waals surface area contributed by atoms with E-state index in [1.807, 2.05) is 0 Å². The molecule has 3 heteroatoms. The maximum Gasteiger partial charge on any atom is 0.0562 e. The first-order valence-corrected chi connectivity index (χ1v) is 5.05. The second kappa shape index (κ2) is 5.03. The van der Waals surface area contributed by atoms with Crippen molar-refractivity contribution >= 4 is 11.3 Å². The summed E-state index contributed by atoms with van der Waals surface area (Å²) in [5.41, 5.74) is 2.78. The van der Waals surface area contributed by atoms with E-state index in [4.69, 9.17) is 12.3 Å². The lowest BCUT2D eigenvalue weighted by Crippen LogP contribution is -2.27. The maximum atomic E-state index is 5.44. The lowest BCUT2D eigenvalue weighted by atomic mass is 10.1. The van der Waals surface area contributed by atoms with Crippen molar-refractivity contribution in [3.8, 4) is 12.3 Å². The maximum absolute atomic E-state index is 5.44. The highest BCUT2D eigenvalue weighted by Gasteiger charge is 2.09. The fourth-order valence-electron chi connectivity index (χ4n) is 1.18. The minimum absolute atomic E-state index is 0.203. The highest BCUT2D eigenvalue weighted by Crippen LogP contribution is 2.25. The molecule has 0 aliphatic heterocycles. The molecule has 1 rings (SSSR count). The van der Waals surface area contributed by atoms with E-state index in [9.17, 15) is 0 Å². The predicted octanol–water partition coefficient (Wildman–Crippen LogP) is 1.97. The van der Waals surface area contributed by atoms with Gasteiger partial charge in [0.2, 0.25) is 0 Å². The van der Waals surface area contributed by atoms with Crippen LogP contribution in [0.15, 0.2) is 12.1 Å². The summed E-state index contributed by atoms with van der Waals surface area (Å²) >= 11 is 1.76. The van der Waals surface area contributed by atoms with Crippen LogP contribution in [0.25, 0.3) is 0 Å². The van der Waals surface area contributed by atoms with Gasteiger partial charge >= 0.3 is 0 Å². The summed E-state index contributed by atoms with van der Waals surface area (Å²) in [6.45, 7) is 2.09. The number of nitrogens with one attached hydrogen (secondary N) is 1. The Kier molecular flexibility index (Phi) is 3.97. The van der Waals surface area contributed by atoms with E-state index in [1.54, 1.807) is 11.3 Å². The fourth-order valence-corrected chi connectivity index (χ4v) is 2.15. The van der Waals surface area contributed by atoms with E-state index in [0.717, 1.165) is 12.8 Å². The van der Waals surface area contributed by atoms with Crippen molar-refractivity contribution in [2.24, 2.45) is 5.84 Å². The first-order chi connectivity index (χ1) is 6.27. The molecule has 70 valence electrons. The van der Waals surface area contributed by atoms with Gasteiger partial charge in [-0.1, -0.05) is 0 Å². The van der Waals surface area contributed by atoms with E-state index in [2.05, 4.69) is 30.4 Å². The summed E-state index contributed by atoms with van der Waals surface area (Å²) in [4.78, 5) is 2.56. The number of terminal acetylenes is 1. The average Bonchev–Trinajstić information content (AvgIpc) is 2.54. The van der Waals surface area contributed by atoms with Crippen LogP contribution < -0.4 is 11.3 Å². The number of hydrogen-bond donors (Lipinski definition) is 2. The van der Waals surface area contributed by atoms with Gasteiger partial charge < -0.3 is 0 Å². The lowest BCUT2D eigenvalue weighted by Gasteiger charge is -2.11. The minimum Gasteiger partial charge on any atom is -0.271 e. The van der Waals surface area contributed by atoms with Gasteiger partial charge in [0, 0.05) is 16.2 Å². The average molecular weight is 194 g/mol. The van der Waals surface area contributed by atoms with Crippen LogP contribution >= 0.6 is 11.3 Å². The third kappa shape index (κ3) is 2.85. The van der Waals surface area contributed by atoms with Crippen LogP contribution in [0.3, 0.4) is 0 Å². The molecule has 0 saturated carbocycles. The molecule has 13 heavy (non-hydrogen) atoms. The molecule has 0 aliphatic rings. The lowest BCUT2D eigenvalue weighted by molar-refractivity contribution is 0.532. The fraction of sp³-hybridized carbons (Fsp3) is 0.400. The smallest absolute Gasteiger partial charge is 0.0562 e. The Balaban J connectivity index is 2.62. The molecular formula is C10H14N2S. The van der Waals surface area contributed by atoms with Gasteiger partial charge in [0.25, 0.3) is 0 Å². The van der Waals surface area contributed by atoms with Crippen molar-refractivity contribution in [1.29, 1.82) is 0 Å². The Labute approximate surface area is 83.1 Å². The summed E-state index contributed by atoms with van der Waals surface area (Å²) in [5, 5.41) is 0. The number of aryl methyl sites for hydroxylation is 1. The van der Waals surface area contributed by atoms with Crippen LogP contribution in [0.1, 0.15) is 28.6 Å². The van der Waals surface area contributed by atoms with Crippen molar-refractivity contribution in [2.45, 2.75) is 25.8 Å². The molecule has 0 spiro atoms. The number of rotatable bonds is 4. The first-order valence-electron chi connectivity index (χ1n) is 4.24. The topological polar surface area (TPSA) is 38.0 Å². The molecule has 1 atom stereocenters. The van der Waals surface area contributed by atoms with Crippen LogP contribution in [-0.2, 0) is 0 Å². The van der Waals surface area contributed by atoms with E-state index >= 15 is 0 Å². The van der Waals surface area contributed by atoms with Crippen LogP contribution in [0.2, 0.25) is 0 Å². The van der Waals surface area contributed by atoms with Gasteiger partial charge in [-0.2, -0.15) is 0 Å². The van der Waals surface area contributed by atoms with Gasteiger partial charge in [0.05, 0.1) is 6.04 Å². The Morgan fingerprint density at radius 1 is 1.69 bits per heavy atom. The number of nitrogens with two attached hydrogens (primary N) is 1. The van der Waals surface area contributed by atoms with Gasteiger partial charge in [0.1, 0.15) is 0 Å². The zero-order chi connectivity index (χ0) is 9.68. The standard InChI is InChI=1S/C10H14N2S/c1-3-4-5-9(12-11)10-7-6-8(2)13-10/h1,6-7,9,12H,4-5,11H2,2H3. The number of thiophene rings is 1. The molecule has 1 heterocycles. The van der Waals surface area contributed by atoms with E-state index < -0.39 is 0 Å². The third-order valence-electron chi connectivity index (χ3n) is 1.88. The molecular weight excluding hydrogens is 180 g/mol. The van der Waals surface area contributed by atoms with Gasteiger partial charge in [-0.15, -0.1) is 23.7 Å². The molecule has 0 saturated heterocycles. The molecule has 0 amide bonds. The summed E-state index contributed by atoms with van der Waals surface area (Å²) in [6, 6.07) is 4.40. The van der Waals surface area contributed by atoms with Crippen molar-refractivity contribution in [3.63, 3.8) is 0 Å². The summed E-state index contributed by atoms with van der Waals surface area (Å²) in [7, 11) is 0. The SMILES string of the molecule is C#CCCC(NN)c1ccc(C)s1. The second-order valence-corrected chi connectivity index (χ2v) is 4.23. The molecule has 1 aromatic heterocycles. The van der Waals surface area contributed by atoms with Crippen molar-refractivity contribution in [1.82, 2.24) is 5.43 Å². The number of hydrazine groups is 1. The monoisotopic (exact) mass is 194 g/mol. The largest absolute Gasteiger partial charge is 0.271 e. The van der Waals surface area contributed by atoms with Gasteiger partial charge in [-0.05, 0) is 25.5 Å². The Hall–Kier alpha value is -0.820. The Bertz CT molecular complexity index is 298. The number of hydrogen-bond acceptors (Lipinski definition) is 3. The van der Waals surface area contributed by atoms with Crippen molar-refractivity contribution in [3.05, 3.63) is 21.9 Å². The summed E-state index contributed by atoms with van der Waals surface area (Å²) < 4.78 is 0. The zero-order valence-electron chi connectivity index (χ0n) is 7.71. The zero-order valence-corrected chi connectivity index (χ0v) is 8.53. The Morgan fingerprint density at radius 2 is 2.46 bits per heavy atom. The normalized spacial score (nSPS) is 12.4. The molecule has 0 aromatic carbocycles. The highest BCUT2D eigenvalue weighted by molar-refractivity contribution is 7.12. The van der Waals surface area contributed by atoms with Crippen molar-refractivity contribution < 1.29 is 0 Å². The second-order valence-electron chi connectivity index (χ2n) is 2.91. The predicted molar refractivity (Wildman–Crippen MR) is 57.2 cm³/mol. The molecule has 1 aromatic rings. The van der Waals surface area contributed by atoms with Gasteiger partial charge in [-0.25, -0.2) is 0 Å². The van der Waals surface area contributed by atoms with Crippen molar-refractivity contribution in [2.75, 3.05) is 0 Å². The van der Waals surface area contributed by atoms with Crippen LogP contribution in [0.4, 0.5) is 0 Å². The minimum atomic E-state index is 0.203. The molecule has 0 aliphatic carbocycles. The molecule has 0 bridgehead atoms. The molecule has 0 fully saturated rings. The van der Waals surface area contributed by atoms with E-state index in [0.29, 0.717) is 0 Å². The quantitative estimate of drug-likeness (QED) is 0.437. The molecule has 2 nitrogen and oxygen atoms in total. The highest BCUT2D eigenvalue weighted by atomic mass is 32.1. The summed E-state index contributed by atoms with van der Waals surface area (Å²) in [6.07, 6.45) is 6.85. The Morgan fingerprint density at radius 3 is 2.92 bits per heavy atom. The molecule has 0 radical (unpaired) electrons. The van der Waals surface area contributed by atoms with E-state index in [1.165, 1.54) is 9.75 Å². The third-order valence-corrected chi connectivity index (χ3v) is 3.00. The van der Waals surface area contributed by atoms with Crippen LogP contribution in [-0.4, -0.2) is 0 Å². The summed E-state index contributed by atoms with van der Waals surface area (Å²) in [5.74, 6) is 8.06. The van der Waals surface area contributed by atoms with Crippen LogP contribution in [0.5, 0.6) is 0 Å². The van der Waals surface area contributed by atoms with Gasteiger partial charge in [-0.3, -0.25) is 11.3 Å². The molecule has 1 unspecified atom stereocenters. The molecule has 3 N–H and O–H groups in total. The first kappa shape index (κ1) is 10.3.